The van der Waals surface area contributed by atoms with Crippen molar-refractivity contribution in [2.45, 2.75) is 15.0 Å². The number of anilines is 2. The van der Waals surface area contributed by atoms with Crippen molar-refractivity contribution < 1.29 is 26.4 Å². The second kappa shape index (κ2) is 10.5. The highest BCUT2D eigenvalue weighted by atomic mass is 32.3. The highest BCUT2D eigenvalue weighted by Gasteiger charge is 2.20. The van der Waals surface area contributed by atoms with Crippen molar-refractivity contribution in [3.05, 3.63) is 94.2 Å². The summed E-state index contributed by atoms with van der Waals surface area (Å²) < 4.78 is 61.0. The summed E-state index contributed by atoms with van der Waals surface area (Å²) in [5.74, 6) is -0.798. The molecule has 9 nitrogen and oxygen atoms in total. The van der Waals surface area contributed by atoms with Gasteiger partial charge in [-0.05, 0) is 58.8 Å². The van der Waals surface area contributed by atoms with Crippen LogP contribution < -0.4 is 9.44 Å². The van der Waals surface area contributed by atoms with Gasteiger partial charge in [0.1, 0.15) is 15.0 Å². The Morgan fingerprint density at radius 1 is 0.833 bits per heavy atom. The molecule has 2 N–H and O–H groups in total. The maximum absolute atomic E-state index is 12.8. The Bertz CT molecular complexity index is 1540. The fraction of sp³-hybridized carbons (Fsp3) is 0.0435. The van der Waals surface area contributed by atoms with E-state index in [1.54, 1.807) is 47.2 Å². The van der Waals surface area contributed by atoms with E-state index >= 15 is 0 Å². The minimum atomic E-state index is -3.96. The third-order valence-electron chi connectivity index (χ3n) is 4.65. The zero-order chi connectivity index (χ0) is 25.8. The lowest BCUT2D eigenvalue weighted by Gasteiger charge is -2.13. The fourth-order valence-electron chi connectivity index (χ4n) is 3.01. The van der Waals surface area contributed by atoms with Crippen LogP contribution in [0.2, 0.25) is 0 Å². The van der Waals surface area contributed by atoms with Crippen LogP contribution in [-0.4, -0.2) is 22.8 Å². The first kappa shape index (κ1) is 25.4. The third-order valence-corrected chi connectivity index (χ3v) is 10.2. The standard InChI is InChI=1S/C23H17N3O6S4/c24-14-16-5-7-17(8-6-16)15-32-23(27)18-11-19(25-35(28,29)21-3-1-9-33-21)13-20(12-18)26-36(30,31)22-4-2-10-34-22/h1-13,25-26H,15H2. The summed E-state index contributed by atoms with van der Waals surface area (Å²) in [7, 11) is -7.93. The lowest BCUT2D eigenvalue weighted by atomic mass is 10.1. The maximum Gasteiger partial charge on any atom is 0.338 e. The van der Waals surface area contributed by atoms with Gasteiger partial charge in [0.15, 0.2) is 0 Å². The maximum atomic E-state index is 12.8. The Morgan fingerprint density at radius 3 is 1.81 bits per heavy atom. The van der Waals surface area contributed by atoms with Gasteiger partial charge in [-0.3, -0.25) is 9.44 Å². The van der Waals surface area contributed by atoms with E-state index in [9.17, 15) is 21.6 Å². The van der Waals surface area contributed by atoms with Gasteiger partial charge in [-0.25, -0.2) is 21.6 Å². The van der Waals surface area contributed by atoms with Crippen molar-refractivity contribution in [2.24, 2.45) is 0 Å². The molecule has 0 fully saturated rings. The summed E-state index contributed by atoms with van der Waals surface area (Å²) in [6.45, 7) is -0.105. The van der Waals surface area contributed by atoms with Gasteiger partial charge >= 0.3 is 5.97 Å². The number of thiophene rings is 2. The first-order chi connectivity index (χ1) is 17.2. The molecule has 0 radical (unpaired) electrons. The van der Waals surface area contributed by atoms with E-state index in [1.165, 1.54) is 30.3 Å². The molecule has 2 heterocycles. The molecule has 4 rings (SSSR count). The molecular weight excluding hydrogens is 543 g/mol. The Kier molecular flexibility index (Phi) is 7.41. The predicted octanol–water partition coefficient (Wildman–Crippen LogP) is 4.64. The molecule has 2 aromatic heterocycles. The van der Waals surface area contributed by atoms with Gasteiger partial charge in [0.25, 0.3) is 20.0 Å². The summed E-state index contributed by atoms with van der Waals surface area (Å²) in [4.78, 5) is 12.8. The molecule has 0 saturated heterocycles. The van der Waals surface area contributed by atoms with E-state index in [1.807, 2.05) is 6.07 Å². The first-order valence-electron chi connectivity index (χ1n) is 10.1. The Labute approximate surface area is 215 Å². The van der Waals surface area contributed by atoms with Crippen LogP contribution in [0.1, 0.15) is 21.5 Å². The van der Waals surface area contributed by atoms with Gasteiger partial charge in [0, 0.05) is 0 Å². The molecule has 0 aliphatic carbocycles. The molecule has 0 atom stereocenters. The Hall–Kier alpha value is -3.70. The fourth-order valence-corrected chi connectivity index (χ4v) is 7.08. The molecule has 0 amide bonds. The summed E-state index contributed by atoms with van der Waals surface area (Å²) in [5, 5.41) is 12.1. The number of nitrogens with zero attached hydrogens (tertiary/aromatic N) is 1. The summed E-state index contributed by atoms with van der Waals surface area (Å²) in [6.07, 6.45) is 0. The van der Waals surface area contributed by atoms with Gasteiger partial charge in [-0.15, -0.1) is 22.7 Å². The molecular formula is C23H17N3O6S4. The Morgan fingerprint density at radius 2 is 1.36 bits per heavy atom. The van der Waals surface area contributed by atoms with Crippen molar-refractivity contribution in [3.8, 4) is 6.07 Å². The number of hydrogen-bond donors (Lipinski definition) is 2. The van der Waals surface area contributed by atoms with Crippen LogP contribution in [0, 0.1) is 11.3 Å². The first-order valence-corrected chi connectivity index (χ1v) is 14.8. The molecule has 184 valence electrons. The molecule has 0 unspecified atom stereocenters. The summed E-state index contributed by atoms with van der Waals surface area (Å²) >= 11 is 2.02. The zero-order valence-corrected chi connectivity index (χ0v) is 21.5. The summed E-state index contributed by atoms with van der Waals surface area (Å²) in [5.41, 5.74) is 0.966. The van der Waals surface area contributed by atoms with E-state index in [0.717, 1.165) is 22.7 Å². The van der Waals surface area contributed by atoms with Crippen LogP contribution in [-0.2, 0) is 31.4 Å². The summed E-state index contributed by atoms with van der Waals surface area (Å²) in [6, 6.07) is 18.2. The topological polar surface area (TPSA) is 142 Å². The van der Waals surface area contributed by atoms with Crippen LogP contribution in [0.4, 0.5) is 11.4 Å². The molecule has 0 aliphatic heterocycles. The molecule has 0 saturated carbocycles. The normalized spacial score (nSPS) is 11.4. The van der Waals surface area contributed by atoms with Crippen molar-refractivity contribution in [3.63, 3.8) is 0 Å². The van der Waals surface area contributed by atoms with Gasteiger partial charge in [-0.1, -0.05) is 24.3 Å². The molecule has 2 aromatic carbocycles. The number of carbonyl (C=O) groups is 1. The van der Waals surface area contributed by atoms with Crippen LogP contribution in [0.25, 0.3) is 0 Å². The number of esters is 1. The third kappa shape index (κ3) is 6.10. The Balaban J connectivity index is 1.62. The van der Waals surface area contributed by atoms with Crippen molar-refractivity contribution >= 4 is 60.1 Å². The van der Waals surface area contributed by atoms with Gasteiger partial charge < -0.3 is 4.74 Å². The van der Waals surface area contributed by atoms with Crippen molar-refractivity contribution in [2.75, 3.05) is 9.44 Å². The minimum absolute atomic E-state index is 0.0277. The number of benzene rings is 2. The monoisotopic (exact) mass is 559 g/mol. The molecule has 0 bridgehead atoms. The number of ether oxygens (including phenoxy) is 1. The molecule has 0 spiro atoms. The van der Waals surface area contributed by atoms with E-state index in [-0.39, 0.29) is 32.0 Å². The molecule has 4 aromatic rings. The number of rotatable bonds is 9. The number of nitrogens with one attached hydrogen (secondary N) is 2. The number of sulfonamides is 2. The molecule has 13 heteroatoms. The largest absolute Gasteiger partial charge is 0.457 e. The molecule has 0 aliphatic rings. The van der Waals surface area contributed by atoms with Crippen molar-refractivity contribution in [1.29, 1.82) is 5.26 Å². The quantitative estimate of drug-likeness (QED) is 0.284. The van der Waals surface area contributed by atoms with E-state index in [0.29, 0.717) is 11.1 Å². The number of carbonyl (C=O) groups excluding carboxylic acids is 1. The number of nitriles is 1. The highest BCUT2D eigenvalue weighted by Crippen LogP contribution is 2.27. The van der Waals surface area contributed by atoms with Crippen LogP contribution >= 0.6 is 22.7 Å². The lowest BCUT2D eigenvalue weighted by molar-refractivity contribution is 0.0473. The van der Waals surface area contributed by atoms with E-state index < -0.39 is 26.0 Å². The second-order valence-corrected chi connectivity index (χ2v) is 13.0. The van der Waals surface area contributed by atoms with Crippen LogP contribution in [0.15, 0.2) is 85.9 Å². The van der Waals surface area contributed by atoms with Crippen LogP contribution in [0.3, 0.4) is 0 Å². The minimum Gasteiger partial charge on any atom is -0.457 e. The van der Waals surface area contributed by atoms with Crippen molar-refractivity contribution in [1.82, 2.24) is 0 Å². The highest BCUT2D eigenvalue weighted by molar-refractivity contribution is 7.95. The zero-order valence-electron chi connectivity index (χ0n) is 18.2. The van der Waals surface area contributed by atoms with E-state index in [2.05, 4.69) is 9.44 Å². The van der Waals surface area contributed by atoms with Gasteiger partial charge in [0.2, 0.25) is 0 Å². The van der Waals surface area contributed by atoms with Crippen LogP contribution in [0.5, 0.6) is 0 Å². The number of hydrogen-bond acceptors (Lipinski definition) is 9. The van der Waals surface area contributed by atoms with Gasteiger partial charge in [-0.2, -0.15) is 5.26 Å². The van der Waals surface area contributed by atoms with E-state index in [4.69, 9.17) is 10.00 Å². The second-order valence-electron chi connectivity index (χ2n) is 7.26. The smallest absolute Gasteiger partial charge is 0.338 e. The SMILES string of the molecule is N#Cc1ccc(COC(=O)c2cc(NS(=O)(=O)c3cccs3)cc(NS(=O)(=O)c3cccs3)c2)cc1. The predicted molar refractivity (Wildman–Crippen MR) is 137 cm³/mol. The van der Waals surface area contributed by atoms with Gasteiger partial charge in [0.05, 0.1) is 28.6 Å². The lowest BCUT2D eigenvalue weighted by Crippen LogP contribution is -2.15. The average Bonchev–Trinajstić information content (AvgIpc) is 3.57. The molecule has 36 heavy (non-hydrogen) atoms. The average molecular weight is 560 g/mol.